The van der Waals surface area contributed by atoms with Crippen molar-refractivity contribution < 1.29 is 19.3 Å². The number of hydrogen-bond acceptors (Lipinski definition) is 8. The molecule has 178 valence electrons. The number of ether oxygens (including phenoxy) is 3. The van der Waals surface area contributed by atoms with Gasteiger partial charge in [0.25, 0.3) is 0 Å². The Bertz CT molecular complexity index is 1050. The van der Waals surface area contributed by atoms with Crippen molar-refractivity contribution in [2.24, 2.45) is 0 Å². The molecule has 9 nitrogen and oxygen atoms in total. The molecule has 3 aromatic rings. The van der Waals surface area contributed by atoms with E-state index in [2.05, 4.69) is 21.4 Å². The predicted octanol–water partition coefficient (Wildman–Crippen LogP) is 3.28. The van der Waals surface area contributed by atoms with Crippen LogP contribution in [-0.4, -0.2) is 70.9 Å². The van der Waals surface area contributed by atoms with Crippen molar-refractivity contribution in [3.8, 4) is 17.0 Å². The number of methoxy groups -OCH3 is 2. The lowest BCUT2D eigenvalue weighted by atomic mass is 9.85. The number of aromatic nitrogens is 4. The van der Waals surface area contributed by atoms with Gasteiger partial charge in [0, 0.05) is 49.7 Å². The fourth-order valence-corrected chi connectivity index (χ4v) is 4.37. The van der Waals surface area contributed by atoms with Gasteiger partial charge in [0.1, 0.15) is 6.61 Å². The van der Waals surface area contributed by atoms with E-state index >= 15 is 0 Å². The zero-order chi connectivity index (χ0) is 23.2. The number of aliphatic hydroxyl groups excluding tert-OH is 1. The van der Waals surface area contributed by atoms with E-state index in [4.69, 9.17) is 19.3 Å². The number of nitrogens with zero attached hydrogens (tertiary/aromatic N) is 4. The third kappa shape index (κ3) is 5.61. The van der Waals surface area contributed by atoms with Gasteiger partial charge in [-0.2, -0.15) is 0 Å². The number of aliphatic hydroxyl groups is 1. The molecule has 3 aromatic heterocycles. The van der Waals surface area contributed by atoms with E-state index in [0.717, 1.165) is 48.0 Å². The van der Waals surface area contributed by atoms with Gasteiger partial charge in [0.05, 0.1) is 31.0 Å². The van der Waals surface area contributed by atoms with E-state index < -0.39 is 0 Å². The minimum atomic E-state index is -0.208. The normalized spacial score (nSPS) is 19.5. The summed E-state index contributed by atoms with van der Waals surface area (Å²) < 4.78 is 18.0. The average molecular weight is 456 g/mol. The average Bonchev–Trinajstić information content (AvgIpc) is 3.19. The number of rotatable bonds is 10. The van der Waals surface area contributed by atoms with Crippen molar-refractivity contribution in [1.29, 1.82) is 0 Å². The number of nitrogens with one attached hydrogen (secondary N) is 1. The molecule has 1 fully saturated rings. The van der Waals surface area contributed by atoms with Crippen LogP contribution in [0.1, 0.15) is 44.2 Å². The van der Waals surface area contributed by atoms with Crippen LogP contribution >= 0.6 is 0 Å². The first-order valence-corrected chi connectivity index (χ1v) is 11.5. The Morgan fingerprint density at radius 1 is 1.12 bits per heavy atom. The maximum absolute atomic E-state index is 10.00. The van der Waals surface area contributed by atoms with Gasteiger partial charge < -0.3 is 24.6 Å². The largest absolute Gasteiger partial charge is 0.475 e. The molecule has 1 saturated carbocycles. The molecule has 1 atom stereocenters. The number of fused-ring (bicyclic) bond motifs is 1. The zero-order valence-electron chi connectivity index (χ0n) is 19.5. The standard InChI is InChI=1S/C24H33N5O4/c1-16(15-32-3)27-24-26-14-22-20(18-8-9-25-23(12-18)33-11-10-31-2)13-21(29(22)28-24)17-4-6-19(30)7-5-17/h8-9,12-14,16-17,19,30H,4-7,10-11,15H2,1-3H3,(H,27,28)/t16-,17-,19-/m0/s1. The first-order chi connectivity index (χ1) is 16.1. The molecule has 3 heterocycles. The van der Waals surface area contributed by atoms with Gasteiger partial charge in [-0.1, -0.05) is 0 Å². The lowest BCUT2D eigenvalue weighted by Crippen LogP contribution is -2.23. The highest BCUT2D eigenvalue weighted by Gasteiger charge is 2.25. The maximum atomic E-state index is 10.00. The summed E-state index contributed by atoms with van der Waals surface area (Å²) in [7, 11) is 3.32. The molecule has 0 aliphatic heterocycles. The molecule has 1 aliphatic rings. The summed E-state index contributed by atoms with van der Waals surface area (Å²) in [4.78, 5) is 8.89. The topological polar surface area (TPSA) is 103 Å². The Balaban J connectivity index is 1.71. The second-order valence-corrected chi connectivity index (χ2v) is 8.59. The molecule has 0 spiro atoms. The Morgan fingerprint density at radius 3 is 2.70 bits per heavy atom. The molecule has 33 heavy (non-hydrogen) atoms. The highest BCUT2D eigenvalue weighted by Crippen LogP contribution is 2.38. The molecule has 0 aromatic carbocycles. The van der Waals surface area contributed by atoms with Crippen LogP contribution in [0, 0.1) is 0 Å². The SMILES string of the molecule is COCCOc1cc(-c2cc([C@H]3CC[C@H](O)CC3)n3nc(N[C@@H](C)COC)ncc23)ccn1. The highest BCUT2D eigenvalue weighted by molar-refractivity contribution is 5.81. The first kappa shape index (κ1) is 23.4. The van der Waals surface area contributed by atoms with Crippen LogP contribution in [0.5, 0.6) is 5.88 Å². The van der Waals surface area contributed by atoms with Crippen LogP contribution in [0.3, 0.4) is 0 Å². The summed E-state index contributed by atoms with van der Waals surface area (Å²) in [5, 5.41) is 18.1. The van der Waals surface area contributed by atoms with Gasteiger partial charge in [-0.25, -0.2) is 14.5 Å². The van der Waals surface area contributed by atoms with Crippen molar-refractivity contribution in [2.75, 3.05) is 39.4 Å². The van der Waals surface area contributed by atoms with Gasteiger partial charge in [-0.05, 0) is 50.3 Å². The molecule has 0 radical (unpaired) electrons. The lowest BCUT2D eigenvalue weighted by molar-refractivity contribution is 0.121. The van der Waals surface area contributed by atoms with Gasteiger partial charge in [-0.15, -0.1) is 5.10 Å². The van der Waals surface area contributed by atoms with Crippen molar-refractivity contribution >= 4 is 11.5 Å². The van der Waals surface area contributed by atoms with E-state index in [1.54, 1.807) is 20.4 Å². The molecule has 0 saturated heterocycles. The molecule has 0 unspecified atom stereocenters. The number of hydrogen-bond donors (Lipinski definition) is 2. The van der Waals surface area contributed by atoms with Gasteiger partial charge in [0.15, 0.2) is 0 Å². The highest BCUT2D eigenvalue weighted by atomic mass is 16.5. The zero-order valence-corrected chi connectivity index (χ0v) is 19.5. The Kier molecular flexibility index (Phi) is 7.74. The third-order valence-corrected chi connectivity index (χ3v) is 6.04. The summed E-state index contributed by atoms with van der Waals surface area (Å²) >= 11 is 0. The monoisotopic (exact) mass is 455 g/mol. The summed E-state index contributed by atoms with van der Waals surface area (Å²) in [5.41, 5.74) is 4.09. The quantitative estimate of drug-likeness (QED) is 0.449. The van der Waals surface area contributed by atoms with Crippen LogP contribution in [0.25, 0.3) is 16.6 Å². The Labute approximate surface area is 194 Å². The summed E-state index contributed by atoms with van der Waals surface area (Å²) in [6.45, 7) is 3.54. The fourth-order valence-electron chi connectivity index (χ4n) is 4.37. The summed E-state index contributed by atoms with van der Waals surface area (Å²) in [6, 6.07) is 6.19. The van der Waals surface area contributed by atoms with E-state index in [0.29, 0.717) is 37.6 Å². The Hall–Kier alpha value is -2.75. The van der Waals surface area contributed by atoms with Crippen LogP contribution in [0.2, 0.25) is 0 Å². The Morgan fingerprint density at radius 2 is 1.94 bits per heavy atom. The van der Waals surface area contributed by atoms with Crippen molar-refractivity contribution in [2.45, 2.75) is 50.7 Å². The molecule has 1 aliphatic carbocycles. The summed E-state index contributed by atoms with van der Waals surface area (Å²) in [6.07, 6.45) is 6.88. The van der Waals surface area contributed by atoms with Crippen LogP contribution in [0.4, 0.5) is 5.95 Å². The van der Waals surface area contributed by atoms with Crippen LogP contribution in [0.15, 0.2) is 30.6 Å². The van der Waals surface area contributed by atoms with Crippen LogP contribution < -0.4 is 10.1 Å². The molecule has 0 amide bonds. The molecule has 0 bridgehead atoms. The smallest absolute Gasteiger partial charge is 0.241 e. The molecule has 9 heteroatoms. The van der Waals surface area contributed by atoms with Gasteiger partial charge in [-0.3, -0.25) is 0 Å². The van der Waals surface area contributed by atoms with Crippen molar-refractivity contribution in [1.82, 2.24) is 19.6 Å². The predicted molar refractivity (Wildman–Crippen MR) is 126 cm³/mol. The van der Waals surface area contributed by atoms with Crippen molar-refractivity contribution in [3.05, 3.63) is 36.3 Å². The second-order valence-electron chi connectivity index (χ2n) is 8.59. The van der Waals surface area contributed by atoms with E-state index in [1.165, 1.54) is 0 Å². The van der Waals surface area contributed by atoms with E-state index in [9.17, 15) is 5.11 Å². The molecular formula is C24H33N5O4. The molecular weight excluding hydrogens is 422 g/mol. The van der Waals surface area contributed by atoms with Crippen LogP contribution in [-0.2, 0) is 9.47 Å². The third-order valence-electron chi connectivity index (χ3n) is 6.04. The lowest BCUT2D eigenvalue weighted by Gasteiger charge is -2.25. The van der Waals surface area contributed by atoms with Gasteiger partial charge in [0.2, 0.25) is 11.8 Å². The second kappa shape index (κ2) is 10.9. The maximum Gasteiger partial charge on any atom is 0.241 e. The minimum absolute atomic E-state index is 0.0859. The van der Waals surface area contributed by atoms with Crippen molar-refractivity contribution in [3.63, 3.8) is 0 Å². The number of pyridine rings is 1. The first-order valence-electron chi connectivity index (χ1n) is 11.5. The van der Waals surface area contributed by atoms with Gasteiger partial charge >= 0.3 is 0 Å². The summed E-state index contributed by atoms with van der Waals surface area (Å²) in [5.74, 6) is 1.44. The van der Waals surface area contributed by atoms with E-state index in [1.807, 2.05) is 29.8 Å². The molecule has 4 rings (SSSR count). The van der Waals surface area contributed by atoms with E-state index in [-0.39, 0.29) is 12.1 Å². The number of anilines is 1. The minimum Gasteiger partial charge on any atom is -0.475 e. The molecule has 2 N–H and O–H groups in total. The fraction of sp³-hybridized carbons (Fsp3) is 0.542.